The first-order valence-electron chi connectivity index (χ1n) is 13.0. The Balaban J connectivity index is 1.32. The summed E-state index contributed by atoms with van der Waals surface area (Å²) in [6.07, 6.45) is 3.13. The molecule has 0 bridgehead atoms. The maximum Gasteiger partial charge on any atom is 0.243 e. The molecule has 3 aromatic carbocycles. The van der Waals surface area contributed by atoms with Gasteiger partial charge in [0.1, 0.15) is 0 Å². The summed E-state index contributed by atoms with van der Waals surface area (Å²) in [5.74, 6) is -0.602. The van der Waals surface area contributed by atoms with Gasteiger partial charge in [-0.1, -0.05) is 86.1 Å². The fraction of sp³-hybridized carbons (Fsp3) is 0.267. The number of piperidine rings is 1. The van der Waals surface area contributed by atoms with E-state index < -0.39 is 15.9 Å². The van der Waals surface area contributed by atoms with E-state index in [0.717, 1.165) is 40.1 Å². The Kier molecular flexibility index (Phi) is 8.02. The maximum atomic E-state index is 13.2. The first kappa shape index (κ1) is 26.3. The zero-order chi connectivity index (χ0) is 26.5. The van der Waals surface area contributed by atoms with E-state index in [9.17, 15) is 13.2 Å². The maximum absolute atomic E-state index is 13.2. The lowest BCUT2D eigenvalue weighted by Crippen LogP contribution is -2.43. The molecule has 1 aliphatic heterocycles. The van der Waals surface area contributed by atoms with Crippen LogP contribution in [0.2, 0.25) is 0 Å². The van der Waals surface area contributed by atoms with E-state index in [1.807, 2.05) is 18.2 Å². The fourth-order valence-corrected chi connectivity index (χ4v) is 7.44. The molecule has 8 heteroatoms. The molecule has 1 saturated heterocycles. The van der Waals surface area contributed by atoms with Crippen LogP contribution in [-0.2, 0) is 21.2 Å². The SMILES string of the molecule is CCCc1sc(NC(=O)C2CCCN(S(=O)(=O)c3ccccc3)C2)nc1-c1ccc(-c2ccccc2)cc1. The summed E-state index contributed by atoms with van der Waals surface area (Å²) in [7, 11) is -3.63. The Morgan fingerprint density at radius 2 is 1.58 bits per heavy atom. The lowest BCUT2D eigenvalue weighted by molar-refractivity contribution is -0.120. The Morgan fingerprint density at radius 1 is 0.947 bits per heavy atom. The third-order valence-corrected chi connectivity index (χ3v) is 9.72. The minimum absolute atomic E-state index is 0.171. The van der Waals surface area contributed by atoms with Crippen molar-refractivity contribution in [1.82, 2.24) is 9.29 Å². The summed E-state index contributed by atoms with van der Waals surface area (Å²) < 4.78 is 27.6. The van der Waals surface area contributed by atoms with Crippen molar-refractivity contribution in [2.45, 2.75) is 37.5 Å². The van der Waals surface area contributed by atoms with Crippen molar-refractivity contribution in [2.24, 2.45) is 5.92 Å². The van der Waals surface area contributed by atoms with Crippen molar-refractivity contribution >= 4 is 32.4 Å². The zero-order valence-corrected chi connectivity index (χ0v) is 23.0. The molecule has 6 nitrogen and oxygen atoms in total. The molecular weight excluding hydrogens is 514 g/mol. The molecule has 5 rings (SSSR count). The second kappa shape index (κ2) is 11.6. The molecule has 2 heterocycles. The molecule has 1 N–H and O–H groups in total. The van der Waals surface area contributed by atoms with Crippen LogP contribution in [0, 0.1) is 5.92 Å². The highest BCUT2D eigenvalue weighted by molar-refractivity contribution is 7.89. The number of thiazole rings is 1. The Morgan fingerprint density at radius 3 is 2.26 bits per heavy atom. The standard InChI is InChI=1S/C30H31N3O3S2/c1-2-10-27-28(24-18-16-23(17-19-24)22-11-5-3-6-12-22)31-30(37-27)32-29(34)25-13-9-20-33(21-25)38(35,36)26-14-7-4-8-15-26/h3-8,11-12,14-19,25H,2,9-10,13,20-21H2,1H3,(H,31,32,34). The smallest absolute Gasteiger partial charge is 0.243 e. The lowest BCUT2D eigenvalue weighted by Gasteiger charge is -2.31. The zero-order valence-electron chi connectivity index (χ0n) is 21.3. The first-order valence-corrected chi connectivity index (χ1v) is 15.2. The fourth-order valence-electron chi connectivity index (χ4n) is 4.80. The number of aromatic nitrogens is 1. The summed E-state index contributed by atoms with van der Waals surface area (Å²) in [6, 6.07) is 27.0. The lowest BCUT2D eigenvalue weighted by atomic mass is 9.99. The number of nitrogens with one attached hydrogen (secondary N) is 1. The summed E-state index contributed by atoms with van der Waals surface area (Å²) >= 11 is 1.50. The van der Waals surface area contributed by atoms with Gasteiger partial charge in [-0.25, -0.2) is 13.4 Å². The second-order valence-electron chi connectivity index (χ2n) is 9.49. The van der Waals surface area contributed by atoms with Gasteiger partial charge < -0.3 is 5.32 Å². The normalized spacial score (nSPS) is 16.3. The number of carbonyl (C=O) groups is 1. The van der Waals surface area contributed by atoms with Crippen molar-refractivity contribution in [2.75, 3.05) is 18.4 Å². The molecule has 1 unspecified atom stereocenters. The third kappa shape index (κ3) is 5.72. The van der Waals surface area contributed by atoms with Crippen molar-refractivity contribution < 1.29 is 13.2 Å². The number of sulfonamides is 1. The summed E-state index contributed by atoms with van der Waals surface area (Å²) in [6.45, 7) is 2.72. The van der Waals surface area contributed by atoms with E-state index in [4.69, 9.17) is 4.98 Å². The Hall–Kier alpha value is -3.33. The van der Waals surface area contributed by atoms with E-state index >= 15 is 0 Å². The molecule has 0 saturated carbocycles. The van der Waals surface area contributed by atoms with Gasteiger partial charge in [-0.2, -0.15) is 4.31 Å². The van der Waals surface area contributed by atoms with Gasteiger partial charge in [0.15, 0.2) is 5.13 Å². The molecule has 1 fully saturated rings. The molecule has 0 aliphatic carbocycles. The third-order valence-electron chi connectivity index (χ3n) is 6.81. The number of anilines is 1. The first-order chi connectivity index (χ1) is 18.5. The van der Waals surface area contributed by atoms with Crippen LogP contribution in [0.4, 0.5) is 5.13 Å². The van der Waals surface area contributed by atoms with Gasteiger partial charge in [0.05, 0.1) is 16.5 Å². The molecule has 4 aromatic rings. The van der Waals surface area contributed by atoms with Crippen LogP contribution in [0.15, 0.2) is 89.8 Å². The highest BCUT2D eigenvalue weighted by atomic mass is 32.2. The predicted molar refractivity (Wildman–Crippen MR) is 154 cm³/mol. The second-order valence-corrected chi connectivity index (χ2v) is 12.5. The van der Waals surface area contributed by atoms with Crippen LogP contribution in [0.1, 0.15) is 31.1 Å². The molecule has 0 radical (unpaired) electrons. The van der Waals surface area contributed by atoms with Crippen LogP contribution in [0.5, 0.6) is 0 Å². The van der Waals surface area contributed by atoms with Gasteiger partial charge >= 0.3 is 0 Å². The molecular formula is C30H31N3O3S2. The molecule has 1 aromatic heterocycles. The number of rotatable bonds is 8. The number of hydrogen-bond donors (Lipinski definition) is 1. The molecule has 1 amide bonds. The molecule has 196 valence electrons. The van der Waals surface area contributed by atoms with Crippen molar-refractivity contribution in [3.8, 4) is 22.4 Å². The number of aryl methyl sites for hydroxylation is 1. The minimum Gasteiger partial charge on any atom is -0.302 e. The van der Waals surface area contributed by atoms with Crippen molar-refractivity contribution in [3.05, 3.63) is 89.8 Å². The average molecular weight is 546 g/mol. The number of benzene rings is 3. The van der Waals surface area contributed by atoms with Crippen molar-refractivity contribution in [1.29, 1.82) is 0 Å². The van der Waals surface area contributed by atoms with Crippen LogP contribution >= 0.6 is 11.3 Å². The number of amides is 1. The average Bonchev–Trinajstić information content (AvgIpc) is 3.36. The number of hydrogen-bond acceptors (Lipinski definition) is 5. The monoisotopic (exact) mass is 545 g/mol. The van der Waals surface area contributed by atoms with Gasteiger partial charge in [-0.15, -0.1) is 11.3 Å². The molecule has 1 atom stereocenters. The van der Waals surface area contributed by atoms with Gasteiger partial charge in [-0.05, 0) is 42.5 Å². The van der Waals surface area contributed by atoms with E-state index in [0.29, 0.717) is 24.5 Å². The highest BCUT2D eigenvalue weighted by Crippen LogP contribution is 2.34. The topological polar surface area (TPSA) is 79.4 Å². The van der Waals surface area contributed by atoms with E-state index in [1.165, 1.54) is 15.6 Å². The highest BCUT2D eigenvalue weighted by Gasteiger charge is 2.33. The van der Waals surface area contributed by atoms with Gasteiger partial charge in [0, 0.05) is 23.5 Å². The van der Waals surface area contributed by atoms with Gasteiger partial charge in [-0.3, -0.25) is 4.79 Å². The predicted octanol–water partition coefficient (Wildman–Crippen LogP) is 6.47. The molecule has 1 aliphatic rings. The minimum atomic E-state index is -3.63. The summed E-state index contributed by atoms with van der Waals surface area (Å²) in [4.78, 5) is 19.4. The summed E-state index contributed by atoms with van der Waals surface area (Å²) in [5, 5.41) is 3.56. The number of carbonyl (C=O) groups excluding carboxylic acids is 1. The van der Waals surface area contributed by atoms with Crippen LogP contribution in [0.25, 0.3) is 22.4 Å². The van der Waals surface area contributed by atoms with E-state index in [2.05, 4.69) is 48.6 Å². The summed E-state index contributed by atoms with van der Waals surface area (Å²) in [5.41, 5.74) is 4.21. The van der Waals surface area contributed by atoms with Crippen LogP contribution in [-0.4, -0.2) is 36.7 Å². The quantitative estimate of drug-likeness (QED) is 0.275. The van der Waals surface area contributed by atoms with Crippen LogP contribution < -0.4 is 5.32 Å². The van der Waals surface area contributed by atoms with Crippen molar-refractivity contribution in [3.63, 3.8) is 0 Å². The number of nitrogens with zero attached hydrogens (tertiary/aromatic N) is 2. The van der Waals surface area contributed by atoms with E-state index in [-0.39, 0.29) is 17.3 Å². The van der Waals surface area contributed by atoms with Crippen LogP contribution in [0.3, 0.4) is 0 Å². The Bertz CT molecular complexity index is 1490. The van der Waals surface area contributed by atoms with Gasteiger partial charge in [0.2, 0.25) is 15.9 Å². The Labute approximate surface area is 228 Å². The van der Waals surface area contributed by atoms with E-state index in [1.54, 1.807) is 30.3 Å². The largest absolute Gasteiger partial charge is 0.302 e. The molecule has 0 spiro atoms. The molecule has 38 heavy (non-hydrogen) atoms. The van der Waals surface area contributed by atoms with Gasteiger partial charge in [0.25, 0.3) is 0 Å².